The predicted octanol–water partition coefficient (Wildman–Crippen LogP) is 3.29. The summed E-state index contributed by atoms with van der Waals surface area (Å²) in [5.74, 6) is -0.575. The smallest absolute Gasteiger partial charge is 0.410 e. The van der Waals surface area contributed by atoms with Crippen molar-refractivity contribution in [3.05, 3.63) is 71.8 Å². The molecule has 28 heavy (non-hydrogen) atoms. The lowest BCUT2D eigenvalue weighted by Crippen LogP contribution is -2.44. The largest absolute Gasteiger partial charge is 0.458 e. The molecule has 1 N–H and O–H groups in total. The van der Waals surface area contributed by atoms with Gasteiger partial charge in [-0.05, 0) is 25.5 Å². The molecule has 0 aliphatic carbocycles. The lowest BCUT2D eigenvalue weighted by Gasteiger charge is -2.32. The third kappa shape index (κ3) is 5.33. The average molecular weight is 382 g/mol. The molecule has 2 aromatic carbocycles. The molecule has 1 aliphatic rings. The molecule has 0 radical (unpaired) electrons. The van der Waals surface area contributed by atoms with E-state index in [1.54, 1.807) is 29.2 Å². The van der Waals surface area contributed by atoms with Gasteiger partial charge in [0.1, 0.15) is 6.61 Å². The van der Waals surface area contributed by atoms with Gasteiger partial charge in [-0.15, -0.1) is 0 Å². The minimum atomic E-state index is -1.08. The third-order valence-corrected chi connectivity index (χ3v) is 4.92. The van der Waals surface area contributed by atoms with E-state index in [1.807, 2.05) is 43.4 Å². The van der Waals surface area contributed by atoms with Gasteiger partial charge in [0.15, 0.2) is 0 Å². The SMILES string of the molecule is CNC1CCN(C(=O)OC(C(=O)OCc2ccccc2)c2ccccc2)CC1. The van der Waals surface area contributed by atoms with Gasteiger partial charge in [0.25, 0.3) is 0 Å². The molecule has 148 valence electrons. The molecule has 1 aliphatic heterocycles. The van der Waals surface area contributed by atoms with Crippen molar-refractivity contribution in [1.82, 2.24) is 10.2 Å². The number of ether oxygens (including phenoxy) is 2. The Morgan fingerprint density at radius 3 is 2.25 bits per heavy atom. The zero-order valence-electron chi connectivity index (χ0n) is 16.0. The molecule has 0 aromatic heterocycles. The zero-order chi connectivity index (χ0) is 19.8. The fraction of sp³-hybridized carbons (Fsp3) is 0.364. The summed E-state index contributed by atoms with van der Waals surface area (Å²) in [6.45, 7) is 1.34. The van der Waals surface area contributed by atoms with Gasteiger partial charge >= 0.3 is 12.1 Å². The number of nitrogens with zero attached hydrogens (tertiary/aromatic N) is 1. The van der Waals surface area contributed by atoms with E-state index in [2.05, 4.69) is 5.32 Å². The minimum Gasteiger partial charge on any atom is -0.458 e. The van der Waals surface area contributed by atoms with E-state index in [1.165, 1.54) is 0 Å². The highest BCUT2D eigenvalue weighted by Gasteiger charge is 2.30. The van der Waals surface area contributed by atoms with Crippen LogP contribution >= 0.6 is 0 Å². The normalized spacial score (nSPS) is 15.7. The minimum absolute atomic E-state index is 0.133. The van der Waals surface area contributed by atoms with Gasteiger partial charge in [-0.25, -0.2) is 9.59 Å². The topological polar surface area (TPSA) is 67.9 Å². The van der Waals surface area contributed by atoms with Gasteiger partial charge < -0.3 is 19.7 Å². The van der Waals surface area contributed by atoms with Crippen molar-refractivity contribution < 1.29 is 19.1 Å². The van der Waals surface area contributed by atoms with Gasteiger partial charge in [0, 0.05) is 24.7 Å². The second kappa shape index (κ2) is 9.90. The van der Waals surface area contributed by atoms with Crippen LogP contribution < -0.4 is 5.32 Å². The maximum absolute atomic E-state index is 12.7. The van der Waals surface area contributed by atoms with E-state index >= 15 is 0 Å². The molecule has 3 rings (SSSR count). The van der Waals surface area contributed by atoms with Crippen molar-refractivity contribution in [3.8, 4) is 0 Å². The molecule has 6 heteroatoms. The first kappa shape index (κ1) is 19.9. The molecular formula is C22H26N2O4. The fourth-order valence-electron chi connectivity index (χ4n) is 3.21. The second-order valence-electron chi connectivity index (χ2n) is 6.82. The highest BCUT2D eigenvalue weighted by molar-refractivity contribution is 5.80. The first-order valence-electron chi connectivity index (χ1n) is 9.55. The molecule has 6 nitrogen and oxygen atoms in total. The summed E-state index contributed by atoms with van der Waals surface area (Å²) in [5.41, 5.74) is 1.47. The highest BCUT2D eigenvalue weighted by Crippen LogP contribution is 2.22. The Morgan fingerprint density at radius 1 is 1.04 bits per heavy atom. The van der Waals surface area contributed by atoms with Crippen molar-refractivity contribution in [2.75, 3.05) is 20.1 Å². The first-order valence-corrected chi connectivity index (χ1v) is 9.55. The van der Waals surface area contributed by atoms with Gasteiger partial charge in [0.2, 0.25) is 6.10 Å². The monoisotopic (exact) mass is 382 g/mol. The number of amides is 1. The van der Waals surface area contributed by atoms with Crippen molar-refractivity contribution in [2.24, 2.45) is 0 Å². The summed E-state index contributed by atoms with van der Waals surface area (Å²) in [5, 5.41) is 3.23. The zero-order valence-corrected chi connectivity index (χ0v) is 16.0. The molecule has 0 saturated carbocycles. The molecule has 1 heterocycles. The predicted molar refractivity (Wildman–Crippen MR) is 106 cm³/mol. The van der Waals surface area contributed by atoms with E-state index in [0.29, 0.717) is 24.7 Å². The van der Waals surface area contributed by atoms with Crippen LogP contribution in [0.3, 0.4) is 0 Å². The van der Waals surface area contributed by atoms with Crippen LogP contribution in [0.25, 0.3) is 0 Å². The Hall–Kier alpha value is -2.86. The molecule has 1 atom stereocenters. The summed E-state index contributed by atoms with van der Waals surface area (Å²) < 4.78 is 11.0. The molecule has 0 spiro atoms. The lowest BCUT2D eigenvalue weighted by molar-refractivity contribution is -0.156. The van der Waals surface area contributed by atoms with Crippen molar-refractivity contribution in [1.29, 1.82) is 0 Å². The summed E-state index contributed by atoms with van der Waals surface area (Å²) in [6, 6.07) is 18.8. The van der Waals surface area contributed by atoms with E-state index < -0.39 is 18.2 Å². The number of likely N-dealkylation sites (tertiary alicyclic amines) is 1. The Morgan fingerprint density at radius 2 is 1.64 bits per heavy atom. The number of carbonyl (C=O) groups excluding carboxylic acids is 2. The van der Waals surface area contributed by atoms with Crippen LogP contribution in [0.2, 0.25) is 0 Å². The van der Waals surface area contributed by atoms with Crippen LogP contribution in [-0.2, 0) is 20.9 Å². The maximum Gasteiger partial charge on any atom is 0.410 e. The summed E-state index contributed by atoms with van der Waals surface area (Å²) in [7, 11) is 1.92. The van der Waals surface area contributed by atoms with Crippen molar-refractivity contribution >= 4 is 12.1 Å². The van der Waals surface area contributed by atoms with Crippen molar-refractivity contribution in [3.63, 3.8) is 0 Å². The van der Waals surface area contributed by atoms with E-state index in [0.717, 1.165) is 18.4 Å². The number of benzene rings is 2. The fourth-order valence-corrected chi connectivity index (χ4v) is 3.21. The maximum atomic E-state index is 12.7. The molecule has 2 aromatic rings. The van der Waals surface area contributed by atoms with Crippen molar-refractivity contribution in [2.45, 2.75) is 31.6 Å². The number of nitrogens with one attached hydrogen (secondary N) is 1. The summed E-state index contributed by atoms with van der Waals surface area (Å²) in [6.07, 6.45) is 0.152. The molecular weight excluding hydrogens is 356 g/mol. The average Bonchev–Trinajstić information content (AvgIpc) is 2.77. The number of carbonyl (C=O) groups is 2. The van der Waals surface area contributed by atoms with Crippen LogP contribution in [0.1, 0.15) is 30.1 Å². The standard InChI is InChI=1S/C22H26N2O4/c1-23-19-12-14-24(15-13-19)22(26)28-20(18-10-6-3-7-11-18)21(25)27-16-17-8-4-2-5-9-17/h2-11,19-20,23H,12-16H2,1H3. The summed E-state index contributed by atoms with van der Waals surface area (Å²) in [4.78, 5) is 27.0. The van der Waals surface area contributed by atoms with E-state index in [4.69, 9.17) is 9.47 Å². The van der Waals surface area contributed by atoms with Crippen LogP contribution in [0, 0.1) is 0 Å². The number of hydrogen-bond acceptors (Lipinski definition) is 5. The number of piperidine rings is 1. The van der Waals surface area contributed by atoms with Gasteiger partial charge in [-0.3, -0.25) is 0 Å². The molecule has 1 unspecified atom stereocenters. The van der Waals surface area contributed by atoms with Gasteiger partial charge in [-0.2, -0.15) is 0 Å². The molecule has 1 saturated heterocycles. The quantitative estimate of drug-likeness (QED) is 0.777. The first-order chi connectivity index (χ1) is 13.7. The lowest BCUT2D eigenvalue weighted by atomic mass is 10.1. The number of rotatable bonds is 6. The Kier molecular flexibility index (Phi) is 7.03. The van der Waals surface area contributed by atoms with Crippen LogP contribution in [0.4, 0.5) is 4.79 Å². The summed E-state index contributed by atoms with van der Waals surface area (Å²) >= 11 is 0. The van der Waals surface area contributed by atoms with E-state index in [-0.39, 0.29) is 6.61 Å². The number of hydrogen-bond donors (Lipinski definition) is 1. The number of esters is 1. The van der Waals surface area contributed by atoms with Crippen LogP contribution in [0.5, 0.6) is 0 Å². The van der Waals surface area contributed by atoms with Crippen LogP contribution in [0.15, 0.2) is 60.7 Å². The molecule has 0 bridgehead atoms. The third-order valence-electron chi connectivity index (χ3n) is 4.92. The Labute approximate surface area is 165 Å². The van der Waals surface area contributed by atoms with Gasteiger partial charge in [0.05, 0.1) is 0 Å². The Balaban J connectivity index is 1.65. The second-order valence-corrected chi connectivity index (χ2v) is 6.82. The van der Waals surface area contributed by atoms with E-state index in [9.17, 15) is 9.59 Å². The molecule has 1 amide bonds. The molecule has 1 fully saturated rings. The van der Waals surface area contributed by atoms with Gasteiger partial charge in [-0.1, -0.05) is 60.7 Å². The van der Waals surface area contributed by atoms with Crippen LogP contribution in [-0.4, -0.2) is 43.1 Å². The highest BCUT2D eigenvalue weighted by atomic mass is 16.6. The Bertz CT molecular complexity index is 759.